The van der Waals surface area contributed by atoms with Crippen molar-refractivity contribution < 1.29 is 22.7 Å². The second-order valence-corrected chi connectivity index (χ2v) is 4.98. The first-order valence-corrected chi connectivity index (χ1v) is 6.94. The van der Waals surface area contributed by atoms with Crippen molar-refractivity contribution in [1.29, 1.82) is 0 Å². The number of allylic oxidation sites excluding steroid dienone is 1. The molecule has 2 rings (SSSR count). The van der Waals surface area contributed by atoms with E-state index in [0.29, 0.717) is 11.1 Å². The van der Waals surface area contributed by atoms with Crippen LogP contribution in [0.1, 0.15) is 24.2 Å². The zero-order valence-electron chi connectivity index (χ0n) is 12.4. The Bertz CT molecular complexity index is 637. The molecule has 0 aliphatic heterocycles. The van der Waals surface area contributed by atoms with Crippen LogP contribution in [-0.2, 0) is 9.53 Å². The molecule has 2 aromatic rings. The summed E-state index contributed by atoms with van der Waals surface area (Å²) >= 11 is 0. The molecule has 0 atom stereocenters. The summed E-state index contributed by atoms with van der Waals surface area (Å²) in [5, 5.41) is 0. The predicted octanol–water partition coefficient (Wildman–Crippen LogP) is 4.83. The Hall–Kier alpha value is -2.56. The lowest BCUT2D eigenvalue weighted by Crippen LogP contribution is -2.15. The number of ether oxygens (including phenoxy) is 1. The first kappa shape index (κ1) is 16.8. The molecular weight excluding hydrogens is 305 g/mol. The quantitative estimate of drug-likeness (QED) is 0.596. The SMILES string of the molecule is CC(=CC(F)(F)F)C(=O)OC(c1ccccc1)c1ccccc1. The molecule has 0 unspecified atom stereocenters. The van der Waals surface area contributed by atoms with Gasteiger partial charge in [0.05, 0.1) is 0 Å². The van der Waals surface area contributed by atoms with Gasteiger partial charge in [0.15, 0.2) is 6.10 Å². The van der Waals surface area contributed by atoms with E-state index in [9.17, 15) is 18.0 Å². The summed E-state index contributed by atoms with van der Waals surface area (Å²) in [4.78, 5) is 12.0. The first-order chi connectivity index (χ1) is 10.9. The number of hydrogen-bond donors (Lipinski definition) is 0. The average molecular weight is 320 g/mol. The topological polar surface area (TPSA) is 26.3 Å². The summed E-state index contributed by atoms with van der Waals surface area (Å²) in [5.74, 6) is -1.000. The van der Waals surface area contributed by atoms with Gasteiger partial charge in [0.1, 0.15) is 0 Å². The van der Waals surface area contributed by atoms with Crippen LogP contribution in [-0.4, -0.2) is 12.1 Å². The van der Waals surface area contributed by atoms with Gasteiger partial charge >= 0.3 is 12.1 Å². The van der Waals surface area contributed by atoms with E-state index in [4.69, 9.17) is 4.74 Å². The molecule has 0 saturated carbocycles. The van der Waals surface area contributed by atoms with Crippen LogP contribution in [0.4, 0.5) is 13.2 Å². The fourth-order valence-electron chi connectivity index (χ4n) is 2.09. The van der Waals surface area contributed by atoms with Gasteiger partial charge in [0.2, 0.25) is 0 Å². The third kappa shape index (κ3) is 4.98. The summed E-state index contributed by atoms with van der Waals surface area (Å²) in [6.45, 7) is 1.09. The van der Waals surface area contributed by atoms with Crippen molar-refractivity contribution in [2.24, 2.45) is 0 Å². The smallest absolute Gasteiger partial charge is 0.410 e. The lowest BCUT2D eigenvalue weighted by molar-refractivity contribution is -0.143. The Morgan fingerprint density at radius 1 is 0.957 bits per heavy atom. The molecule has 0 amide bonds. The average Bonchev–Trinajstić information content (AvgIpc) is 2.52. The highest BCUT2D eigenvalue weighted by atomic mass is 19.4. The van der Waals surface area contributed by atoms with Crippen LogP contribution < -0.4 is 0 Å². The van der Waals surface area contributed by atoms with Gasteiger partial charge in [-0.05, 0) is 18.1 Å². The highest BCUT2D eigenvalue weighted by molar-refractivity contribution is 5.88. The molecule has 120 valence electrons. The van der Waals surface area contributed by atoms with Crippen molar-refractivity contribution in [2.45, 2.75) is 19.2 Å². The maximum absolute atomic E-state index is 12.4. The van der Waals surface area contributed by atoms with Gasteiger partial charge in [-0.25, -0.2) is 4.79 Å². The summed E-state index contributed by atoms with van der Waals surface area (Å²) in [6, 6.07) is 17.7. The van der Waals surface area contributed by atoms with Crippen molar-refractivity contribution in [3.63, 3.8) is 0 Å². The molecule has 0 radical (unpaired) electrons. The normalized spacial score (nSPS) is 12.3. The number of hydrogen-bond acceptors (Lipinski definition) is 2. The predicted molar refractivity (Wildman–Crippen MR) is 80.6 cm³/mol. The molecule has 0 spiro atoms. The van der Waals surface area contributed by atoms with Gasteiger partial charge in [0.25, 0.3) is 0 Å². The lowest BCUT2D eigenvalue weighted by Gasteiger charge is -2.19. The number of carbonyl (C=O) groups excluding carboxylic acids is 1. The summed E-state index contributed by atoms with van der Waals surface area (Å²) in [6.07, 6.45) is -5.37. The summed E-state index contributed by atoms with van der Waals surface area (Å²) in [7, 11) is 0. The van der Waals surface area contributed by atoms with E-state index in [1.165, 1.54) is 0 Å². The maximum atomic E-state index is 12.4. The number of halogens is 3. The van der Waals surface area contributed by atoms with Crippen LogP contribution >= 0.6 is 0 Å². The largest absolute Gasteiger partial charge is 0.449 e. The molecule has 5 heteroatoms. The van der Waals surface area contributed by atoms with E-state index >= 15 is 0 Å². The van der Waals surface area contributed by atoms with Gasteiger partial charge in [0, 0.05) is 11.6 Å². The van der Waals surface area contributed by atoms with E-state index in [-0.39, 0.29) is 6.08 Å². The molecular formula is C18H15F3O2. The van der Waals surface area contributed by atoms with E-state index in [1.807, 2.05) is 12.1 Å². The van der Waals surface area contributed by atoms with Gasteiger partial charge in [-0.2, -0.15) is 13.2 Å². The monoisotopic (exact) mass is 320 g/mol. The molecule has 0 aliphatic carbocycles. The zero-order chi connectivity index (χ0) is 16.9. The molecule has 0 heterocycles. The van der Waals surface area contributed by atoms with Gasteiger partial charge in [-0.15, -0.1) is 0 Å². The van der Waals surface area contributed by atoms with Crippen molar-refractivity contribution in [3.8, 4) is 0 Å². The summed E-state index contributed by atoms with van der Waals surface area (Å²) < 4.78 is 42.4. The minimum absolute atomic E-state index is 0.0532. The number of carbonyl (C=O) groups is 1. The van der Waals surface area contributed by atoms with Crippen molar-refractivity contribution in [3.05, 3.63) is 83.4 Å². The molecule has 23 heavy (non-hydrogen) atoms. The third-order valence-electron chi connectivity index (χ3n) is 3.13. The minimum Gasteiger partial charge on any atom is -0.449 e. The number of esters is 1. The molecule has 0 aliphatic rings. The third-order valence-corrected chi connectivity index (χ3v) is 3.13. The van der Waals surface area contributed by atoms with Crippen LogP contribution in [0.2, 0.25) is 0 Å². The highest BCUT2D eigenvalue weighted by Crippen LogP contribution is 2.27. The van der Waals surface area contributed by atoms with Crippen molar-refractivity contribution >= 4 is 5.97 Å². The Morgan fingerprint density at radius 3 is 1.78 bits per heavy atom. The number of benzene rings is 2. The standard InChI is InChI=1S/C18H15F3O2/c1-13(12-18(19,20)21)17(22)23-16(14-8-4-2-5-9-14)15-10-6-3-7-11-15/h2-12,16H,1H3. The molecule has 0 fully saturated rings. The fraction of sp³-hybridized carbons (Fsp3) is 0.167. The van der Waals surface area contributed by atoms with Gasteiger partial charge in [-0.1, -0.05) is 60.7 Å². The highest BCUT2D eigenvalue weighted by Gasteiger charge is 2.27. The van der Waals surface area contributed by atoms with E-state index in [1.54, 1.807) is 48.5 Å². The van der Waals surface area contributed by atoms with Gasteiger partial charge < -0.3 is 4.74 Å². The second-order valence-electron chi connectivity index (χ2n) is 4.98. The van der Waals surface area contributed by atoms with Crippen molar-refractivity contribution in [2.75, 3.05) is 0 Å². The van der Waals surface area contributed by atoms with E-state index < -0.39 is 23.8 Å². The Morgan fingerprint density at radius 2 is 1.39 bits per heavy atom. The van der Waals surface area contributed by atoms with E-state index in [2.05, 4.69) is 0 Å². The molecule has 0 bridgehead atoms. The van der Waals surface area contributed by atoms with E-state index in [0.717, 1.165) is 6.92 Å². The van der Waals surface area contributed by atoms with Crippen LogP contribution in [0.15, 0.2) is 72.3 Å². The van der Waals surface area contributed by atoms with Crippen LogP contribution in [0, 0.1) is 0 Å². The maximum Gasteiger partial charge on any atom is 0.410 e. The Kier molecular flexibility index (Phi) is 5.21. The molecule has 0 N–H and O–H groups in total. The van der Waals surface area contributed by atoms with Crippen LogP contribution in [0.3, 0.4) is 0 Å². The molecule has 2 nitrogen and oxygen atoms in total. The second kappa shape index (κ2) is 7.13. The first-order valence-electron chi connectivity index (χ1n) is 6.94. The van der Waals surface area contributed by atoms with Gasteiger partial charge in [-0.3, -0.25) is 0 Å². The zero-order valence-corrected chi connectivity index (χ0v) is 12.4. The number of rotatable bonds is 4. The van der Waals surface area contributed by atoms with Crippen LogP contribution in [0.25, 0.3) is 0 Å². The Balaban J connectivity index is 2.30. The minimum atomic E-state index is -4.56. The summed E-state index contributed by atoms with van der Waals surface area (Å²) in [5.41, 5.74) is 0.882. The lowest BCUT2D eigenvalue weighted by atomic mass is 10.0. The van der Waals surface area contributed by atoms with Crippen LogP contribution in [0.5, 0.6) is 0 Å². The Labute approximate surface area is 132 Å². The number of alkyl halides is 3. The molecule has 0 aromatic heterocycles. The molecule has 2 aromatic carbocycles. The molecule has 0 saturated heterocycles. The fourth-order valence-corrected chi connectivity index (χ4v) is 2.09. The van der Waals surface area contributed by atoms with Crippen molar-refractivity contribution in [1.82, 2.24) is 0 Å².